The van der Waals surface area contributed by atoms with Gasteiger partial charge in [-0.15, -0.1) is 0 Å². The normalized spacial score (nSPS) is 10.6. The smallest absolute Gasteiger partial charge is 0.340 e. The van der Waals surface area contributed by atoms with Crippen LogP contribution in [0.25, 0.3) is 11.1 Å². The number of hydrogen-bond donors (Lipinski definition) is 1. The molecule has 1 N–H and O–H groups in total. The number of hydrogen-bond acceptors (Lipinski definition) is 3. The van der Waals surface area contributed by atoms with Crippen molar-refractivity contribution in [1.82, 2.24) is 4.68 Å². The van der Waals surface area contributed by atoms with Gasteiger partial charge in [0.05, 0.1) is 29.2 Å². The van der Waals surface area contributed by atoms with Gasteiger partial charge in [-0.2, -0.15) is 0 Å². The molecule has 4 aromatic rings. The molecule has 0 saturated carbocycles. The van der Waals surface area contributed by atoms with Gasteiger partial charge < -0.3 is 4.74 Å². The number of para-hydroxylation sites is 1. The van der Waals surface area contributed by atoms with E-state index in [4.69, 9.17) is 4.74 Å². The first-order valence-corrected chi connectivity index (χ1v) is 10.5. The maximum Gasteiger partial charge on any atom is 0.340 e. The summed E-state index contributed by atoms with van der Waals surface area (Å²) in [6, 6.07) is 30.3. The fourth-order valence-electron chi connectivity index (χ4n) is 3.87. The minimum Gasteiger partial charge on any atom is -0.462 e. The number of esters is 1. The lowest BCUT2D eigenvalue weighted by Gasteiger charge is -2.16. The zero-order chi connectivity index (χ0) is 21.6. The predicted molar refractivity (Wildman–Crippen MR) is 125 cm³/mol. The lowest BCUT2D eigenvalue weighted by atomic mass is 9.97. The first-order valence-electron chi connectivity index (χ1n) is 10.5. The molecule has 0 aliphatic heterocycles. The van der Waals surface area contributed by atoms with Crippen LogP contribution < -0.4 is 5.43 Å². The van der Waals surface area contributed by atoms with E-state index in [2.05, 4.69) is 17.6 Å². The second kappa shape index (κ2) is 9.35. The van der Waals surface area contributed by atoms with Crippen molar-refractivity contribution < 1.29 is 9.53 Å². The van der Waals surface area contributed by atoms with Gasteiger partial charge in [0.2, 0.25) is 0 Å². The van der Waals surface area contributed by atoms with Crippen molar-refractivity contribution in [3.63, 3.8) is 0 Å². The Kier molecular flexibility index (Phi) is 6.18. The molecule has 0 spiro atoms. The number of nitrogens with one attached hydrogen (secondary N) is 1. The number of ether oxygens (including phenoxy) is 1. The summed E-state index contributed by atoms with van der Waals surface area (Å²) in [4.78, 5) is 13.1. The van der Waals surface area contributed by atoms with Gasteiger partial charge in [-0.05, 0) is 37.1 Å². The van der Waals surface area contributed by atoms with Crippen molar-refractivity contribution in [2.75, 3.05) is 12.0 Å². The maximum atomic E-state index is 13.1. The molecular weight excluding hydrogens is 384 g/mol. The van der Waals surface area contributed by atoms with E-state index in [0.717, 1.165) is 28.2 Å². The van der Waals surface area contributed by atoms with E-state index in [-0.39, 0.29) is 5.97 Å². The molecule has 0 saturated heterocycles. The summed E-state index contributed by atoms with van der Waals surface area (Å²) in [6.45, 7) is 4.13. The molecule has 4 nitrogen and oxygen atoms in total. The molecule has 0 unspecified atom stereocenters. The van der Waals surface area contributed by atoms with Crippen LogP contribution in [0.15, 0.2) is 91.0 Å². The Labute approximate surface area is 183 Å². The van der Waals surface area contributed by atoms with Crippen LogP contribution in [0.2, 0.25) is 0 Å². The summed E-state index contributed by atoms with van der Waals surface area (Å²) >= 11 is 0. The molecule has 4 rings (SSSR count). The average Bonchev–Trinajstić information content (AvgIpc) is 3.07. The molecule has 4 heteroatoms. The Morgan fingerprint density at radius 2 is 1.45 bits per heavy atom. The van der Waals surface area contributed by atoms with Gasteiger partial charge >= 0.3 is 5.97 Å². The molecule has 1 aromatic heterocycles. The molecule has 0 amide bonds. The van der Waals surface area contributed by atoms with Crippen LogP contribution in [0.3, 0.4) is 0 Å². The van der Waals surface area contributed by atoms with Crippen molar-refractivity contribution >= 4 is 11.7 Å². The summed E-state index contributed by atoms with van der Waals surface area (Å²) in [5, 5.41) is 0. The molecule has 156 valence electrons. The zero-order valence-corrected chi connectivity index (χ0v) is 17.8. The lowest BCUT2D eigenvalue weighted by molar-refractivity contribution is 0.0526. The number of anilines is 1. The van der Waals surface area contributed by atoms with Crippen LogP contribution in [0.4, 0.5) is 5.69 Å². The Bertz CT molecular complexity index is 1150. The molecule has 0 fully saturated rings. The van der Waals surface area contributed by atoms with Gasteiger partial charge in [0, 0.05) is 12.0 Å². The number of carbonyl (C=O) groups is 1. The van der Waals surface area contributed by atoms with E-state index in [9.17, 15) is 4.79 Å². The SMILES string of the molecule is CCOC(=O)c1c(-c2ccccc2)c(Cc2ccccc2)n(Nc2ccccc2)c1C. The highest BCUT2D eigenvalue weighted by atomic mass is 16.5. The van der Waals surface area contributed by atoms with Crippen molar-refractivity contribution in [2.45, 2.75) is 20.3 Å². The number of carbonyl (C=O) groups excluding carboxylic acids is 1. The molecule has 31 heavy (non-hydrogen) atoms. The monoisotopic (exact) mass is 410 g/mol. The molecule has 0 aliphatic carbocycles. The predicted octanol–water partition coefficient (Wildman–Crippen LogP) is 6.11. The molecular formula is C27H26N2O2. The highest BCUT2D eigenvalue weighted by Gasteiger charge is 2.27. The summed E-state index contributed by atoms with van der Waals surface area (Å²) in [7, 11) is 0. The van der Waals surface area contributed by atoms with E-state index in [1.807, 2.05) is 97.4 Å². The van der Waals surface area contributed by atoms with Crippen LogP contribution in [-0.4, -0.2) is 17.3 Å². The fourth-order valence-corrected chi connectivity index (χ4v) is 3.87. The summed E-state index contributed by atoms with van der Waals surface area (Å²) in [5.41, 5.74) is 9.96. The third-order valence-electron chi connectivity index (χ3n) is 5.28. The summed E-state index contributed by atoms with van der Waals surface area (Å²) in [5.74, 6) is -0.304. The van der Waals surface area contributed by atoms with Crippen LogP contribution in [0, 0.1) is 6.92 Å². The molecule has 0 aliphatic rings. The number of aromatic nitrogens is 1. The van der Waals surface area contributed by atoms with E-state index in [1.54, 1.807) is 0 Å². The van der Waals surface area contributed by atoms with Gasteiger partial charge in [0.25, 0.3) is 0 Å². The molecule has 0 bridgehead atoms. The third kappa shape index (κ3) is 4.38. The van der Waals surface area contributed by atoms with E-state index >= 15 is 0 Å². The third-order valence-corrected chi connectivity index (χ3v) is 5.28. The van der Waals surface area contributed by atoms with Crippen LogP contribution in [0.1, 0.15) is 34.2 Å². The minimum atomic E-state index is -0.304. The van der Waals surface area contributed by atoms with E-state index < -0.39 is 0 Å². The summed E-state index contributed by atoms with van der Waals surface area (Å²) in [6.07, 6.45) is 0.672. The van der Waals surface area contributed by atoms with Crippen molar-refractivity contribution in [1.29, 1.82) is 0 Å². The van der Waals surface area contributed by atoms with Crippen LogP contribution in [-0.2, 0) is 11.2 Å². The Hall–Kier alpha value is -3.79. The maximum absolute atomic E-state index is 13.1. The van der Waals surface area contributed by atoms with Gasteiger partial charge in [-0.3, -0.25) is 10.1 Å². The standard InChI is InChI=1S/C27H26N2O2/c1-3-31-27(30)25-20(2)29(28-23-17-11-6-12-18-23)24(19-21-13-7-4-8-14-21)26(25)22-15-9-5-10-16-22/h4-18,28H,3,19H2,1-2H3. The highest BCUT2D eigenvalue weighted by Crippen LogP contribution is 2.35. The zero-order valence-electron chi connectivity index (χ0n) is 17.8. The Morgan fingerprint density at radius 1 is 0.871 bits per heavy atom. The first-order chi connectivity index (χ1) is 15.2. The molecule has 1 heterocycles. The quantitative estimate of drug-likeness (QED) is 0.374. The van der Waals surface area contributed by atoms with Crippen molar-refractivity contribution in [3.8, 4) is 11.1 Å². The van der Waals surface area contributed by atoms with E-state index in [0.29, 0.717) is 18.6 Å². The van der Waals surface area contributed by atoms with Crippen LogP contribution in [0.5, 0.6) is 0 Å². The highest BCUT2D eigenvalue weighted by molar-refractivity contribution is 6.00. The lowest BCUT2D eigenvalue weighted by Crippen LogP contribution is -2.15. The number of nitrogens with zero attached hydrogens (tertiary/aromatic N) is 1. The molecule has 0 atom stereocenters. The Morgan fingerprint density at radius 3 is 2.06 bits per heavy atom. The van der Waals surface area contributed by atoms with Crippen molar-refractivity contribution in [2.24, 2.45) is 0 Å². The number of rotatable bonds is 7. The second-order valence-corrected chi connectivity index (χ2v) is 7.34. The van der Waals surface area contributed by atoms with Crippen molar-refractivity contribution in [3.05, 3.63) is 114 Å². The first kappa shape index (κ1) is 20.5. The molecule has 0 radical (unpaired) electrons. The summed E-state index contributed by atoms with van der Waals surface area (Å²) < 4.78 is 7.48. The minimum absolute atomic E-state index is 0.304. The van der Waals surface area contributed by atoms with Crippen LogP contribution >= 0.6 is 0 Å². The topological polar surface area (TPSA) is 43.3 Å². The van der Waals surface area contributed by atoms with E-state index in [1.165, 1.54) is 5.56 Å². The Balaban J connectivity index is 1.95. The van der Waals surface area contributed by atoms with Gasteiger partial charge in [0.15, 0.2) is 0 Å². The van der Waals surface area contributed by atoms with Gasteiger partial charge in [0.1, 0.15) is 0 Å². The fraction of sp³-hybridized carbons (Fsp3) is 0.148. The van der Waals surface area contributed by atoms with Gasteiger partial charge in [-0.1, -0.05) is 78.9 Å². The van der Waals surface area contributed by atoms with Gasteiger partial charge in [-0.25, -0.2) is 4.79 Å². The second-order valence-electron chi connectivity index (χ2n) is 7.34. The molecule has 3 aromatic carbocycles. The number of benzene rings is 3. The average molecular weight is 411 g/mol. The largest absolute Gasteiger partial charge is 0.462 e.